The van der Waals surface area contributed by atoms with Crippen LogP contribution in [-0.4, -0.2) is 18.3 Å². The second-order valence-corrected chi connectivity index (χ2v) is 3.90. The second-order valence-electron chi connectivity index (χ2n) is 2.98. The van der Waals surface area contributed by atoms with Crippen molar-refractivity contribution in [2.75, 3.05) is 13.2 Å². The Labute approximate surface area is 92.8 Å². The number of hydrogen-bond acceptors (Lipinski definition) is 2. The van der Waals surface area contributed by atoms with E-state index in [4.69, 9.17) is 5.11 Å². The molecule has 3 heteroatoms. The molecule has 0 fully saturated rings. The van der Waals surface area contributed by atoms with Crippen LogP contribution in [0.5, 0.6) is 0 Å². The highest BCUT2D eigenvalue weighted by molar-refractivity contribution is 9.10. The summed E-state index contributed by atoms with van der Waals surface area (Å²) in [6.45, 7) is 4.41. The van der Waals surface area contributed by atoms with Gasteiger partial charge in [-0.15, -0.1) is 6.58 Å². The first-order chi connectivity index (χ1) is 6.77. The molecule has 1 atom stereocenters. The molecule has 1 aromatic rings. The summed E-state index contributed by atoms with van der Waals surface area (Å²) < 4.78 is 1.04. The summed E-state index contributed by atoms with van der Waals surface area (Å²) in [4.78, 5) is 0. The number of aliphatic hydroxyl groups excluding tert-OH is 1. The zero-order valence-corrected chi connectivity index (χ0v) is 9.50. The van der Waals surface area contributed by atoms with Gasteiger partial charge < -0.3 is 10.4 Å². The van der Waals surface area contributed by atoms with Crippen LogP contribution in [0.15, 0.2) is 41.4 Å². The topological polar surface area (TPSA) is 32.3 Å². The molecular weight excluding hydrogens is 242 g/mol. The van der Waals surface area contributed by atoms with Crippen LogP contribution in [0.2, 0.25) is 0 Å². The molecule has 0 unspecified atom stereocenters. The Bertz CT molecular complexity index is 284. The van der Waals surface area contributed by atoms with E-state index >= 15 is 0 Å². The number of halogens is 1. The highest BCUT2D eigenvalue weighted by Gasteiger charge is 2.07. The Hall–Kier alpha value is -0.640. The van der Waals surface area contributed by atoms with Crippen LogP contribution in [0.1, 0.15) is 11.6 Å². The van der Waals surface area contributed by atoms with Crippen molar-refractivity contribution >= 4 is 15.9 Å². The van der Waals surface area contributed by atoms with Gasteiger partial charge in [0, 0.05) is 11.0 Å². The third-order valence-electron chi connectivity index (χ3n) is 1.96. The van der Waals surface area contributed by atoms with Gasteiger partial charge in [0.25, 0.3) is 0 Å². The largest absolute Gasteiger partial charge is 0.394 e. The van der Waals surface area contributed by atoms with Gasteiger partial charge in [0.15, 0.2) is 0 Å². The maximum Gasteiger partial charge on any atom is 0.0626 e. The third kappa shape index (κ3) is 3.25. The Morgan fingerprint density at radius 1 is 1.43 bits per heavy atom. The molecule has 0 saturated heterocycles. The van der Waals surface area contributed by atoms with Gasteiger partial charge >= 0.3 is 0 Å². The molecule has 0 spiro atoms. The van der Waals surface area contributed by atoms with E-state index in [9.17, 15) is 0 Å². The molecule has 0 amide bonds. The van der Waals surface area contributed by atoms with Crippen LogP contribution < -0.4 is 5.32 Å². The minimum Gasteiger partial charge on any atom is -0.394 e. The van der Waals surface area contributed by atoms with Crippen LogP contribution in [0.3, 0.4) is 0 Å². The van der Waals surface area contributed by atoms with Crippen LogP contribution in [0, 0.1) is 0 Å². The van der Waals surface area contributed by atoms with Gasteiger partial charge in [-0.05, 0) is 17.7 Å². The van der Waals surface area contributed by atoms with E-state index in [1.807, 2.05) is 24.3 Å². The predicted octanol–water partition coefficient (Wildman–Crippen LogP) is 2.26. The number of hydrogen-bond donors (Lipinski definition) is 2. The van der Waals surface area contributed by atoms with Crippen molar-refractivity contribution in [3.63, 3.8) is 0 Å². The number of benzene rings is 1. The first-order valence-electron chi connectivity index (χ1n) is 4.48. The lowest BCUT2D eigenvalue weighted by molar-refractivity contribution is 0.248. The van der Waals surface area contributed by atoms with Crippen molar-refractivity contribution in [3.8, 4) is 0 Å². The van der Waals surface area contributed by atoms with Gasteiger partial charge in [0.2, 0.25) is 0 Å². The molecule has 0 saturated carbocycles. The van der Waals surface area contributed by atoms with E-state index in [0.717, 1.165) is 10.0 Å². The summed E-state index contributed by atoms with van der Waals surface area (Å²) >= 11 is 3.37. The van der Waals surface area contributed by atoms with Crippen molar-refractivity contribution < 1.29 is 5.11 Å². The Kier molecular flexibility index (Phi) is 4.87. The van der Waals surface area contributed by atoms with Crippen LogP contribution in [0.4, 0.5) is 0 Å². The summed E-state index contributed by atoms with van der Waals surface area (Å²) in [5.41, 5.74) is 1.08. The van der Waals surface area contributed by atoms with Gasteiger partial charge in [-0.1, -0.05) is 34.1 Å². The fraction of sp³-hybridized carbons (Fsp3) is 0.273. The maximum absolute atomic E-state index is 9.17. The quantitative estimate of drug-likeness (QED) is 0.792. The zero-order chi connectivity index (χ0) is 10.4. The summed E-state index contributed by atoms with van der Waals surface area (Å²) in [5, 5.41) is 12.3. The monoisotopic (exact) mass is 255 g/mol. The molecular formula is C11H14BrNO. The molecule has 2 N–H and O–H groups in total. The molecule has 0 bridgehead atoms. The molecule has 2 nitrogen and oxygen atoms in total. The second kappa shape index (κ2) is 5.96. The molecule has 0 radical (unpaired) electrons. The van der Waals surface area contributed by atoms with Crippen molar-refractivity contribution in [2.24, 2.45) is 0 Å². The lowest BCUT2D eigenvalue weighted by Gasteiger charge is -2.15. The van der Waals surface area contributed by atoms with E-state index in [1.165, 1.54) is 0 Å². The number of rotatable bonds is 5. The molecule has 76 valence electrons. The highest BCUT2D eigenvalue weighted by Crippen LogP contribution is 2.16. The van der Waals surface area contributed by atoms with Crippen molar-refractivity contribution in [1.29, 1.82) is 0 Å². The summed E-state index contributed by atoms with van der Waals surface area (Å²) in [5.74, 6) is 0. The minimum absolute atomic E-state index is 0.0129. The fourth-order valence-corrected chi connectivity index (χ4v) is 1.47. The first-order valence-corrected chi connectivity index (χ1v) is 5.28. The van der Waals surface area contributed by atoms with E-state index in [2.05, 4.69) is 27.8 Å². The smallest absolute Gasteiger partial charge is 0.0626 e. The van der Waals surface area contributed by atoms with Crippen LogP contribution in [0.25, 0.3) is 0 Å². The van der Waals surface area contributed by atoms with E-state index < -0.39 is 0 Å². The molecule has 0 aromatic heterocycles. The van der Waals surface area contributed by atoms with Gasteiger partial charge in [0.1, 0.15) is 0 Å². The molecule has 0 aliphatic heterocycles. The van der Waals surface area contributed by atoms with E-state index in [0.29, 0.717) is 6.54 Å². The number of aliphatic hydroxyl groups is 1. The normalized spacial score (nSPS) is 12.4. The maximum atomic E-state index is 9.17. The van der Waals surface area contributed by atoms with E-state index in [-0.39, 0.29) is 12.6 Å². The van der Waals surface area contributed by atoms with Gasteiger partial charge in [-0.3, -0.25) is 0 Å². The SMILES string of the molecule is C=CCN[C@@H](CO)c1ccc(Br)cc1. The molecule has 0 heterocycles. The summed E-state index contributed by atoms with van der Waals surface area (Å²) in [6.07, 6.45) is 1.78. The molecule has 14 heavy (non-hydrogen) atoms. The Morgan fingerprint density at radius 2 is 2.07 bits per heavy atom. The molecule has 1 aromatic carbocycles. The average molecular weight is 256 g/mol. The number of nitrogens with one attached hydrogen (secondary N) is 1. The lowest BCUT2D eigenvalue weighted by atomic mass is 10.1. The standard InChI is InChI=1S/C11H14BrNO/c1-2-7-13-11(8-14)9-3-5-10(12)6-4-9/h2-6,11,13-14H,1,7-8H2/t11-/m0/s1. The van der Waals surface area contributed by atoms with Crippen LogP contribution in [-0.2, 0) is 0 Å². The van der Waals surface area contributed by atoms with Crippen LogP contribution >= 0.6 is 15.9 Å². The minimum atomic E-state index is -0.0129. The predicted molar refractivity (Wildman–Crippen MR) is 62.2 cm³/mol. The zero-order valence-electron chi connectivity index (χ0n) is 7.91. The Morgan fingerprint density at radius 3 is 2.57 bits per heavy atom. The van der Waals surface area contributed by atoms with Gasteiger partial charge in [0.05, 0.1) is 12.6 Å². The van der Waals surface area contributed by atoms with Gasteiger partial charge in [-0.2, -0.15) is 0 Å². The molecule has 0 aliphatic rings. The fourth-order valence-electron chi connectivity index (χ4n) is 1.21. The molecule has 1 rings (SSSR count). The highest BCUT2D eigenvalue weighted by atomic mass is 79.9. The summed E-state index contributed by atoms with van der Waals surface area (Å²) in [6, 6.07) is 7.89. The third-order valence-corrected chi connectivity index (χ3v) is 2.49. The lowest BCUT2D eigenvalue weighted by Crippen LogP contribution is -2.24. The van der Waals surface area contributed by atoms with E-state index in [1.54, 1.807) is 6.08 Å². The molecule has 0 aliphatic carbocycles. The van der Waals surface area contributed by atoms with Gasteiger partial charge in [-0.25, -0.2) is 0 Å². The summed E-state index contributed by atoms with van der Waals surface area (Å²) in [7, 11) is 0. The first kappa shape index (κ1) is 11.4. The van der Waals surface area contributed by atoms with Crippen molar-refractivity contribution in [2.45, 2.75) is 6.04 Å². The Balaban J connectivity index is 2.68. The van der Waals surface area contributed by atoms with Crippen molar-refractivity contribution in [1.82, 2.24) is 5.32 Å². The average Bonchev–Trinajstić information content (AvgIpc) is 2.21. The van der Waals surface area contributed by atoms with Crippen molar-refractivity contribution in [3.05, 3.63) is 47.0 Å².